The normalized spacial score (nSPS) is 12.0. The summed E-state index contributed by atoms with van der Waals surface area (Å²) in [6.45, 7) is 0. The zero-order chi connectivity index (χ0) is 29.3. The van der Waals surface area contributed by atoms with E-state index in [1.165, 1.54) is 20.9 Å². The fraction of sp³-hybridized carbons (Fsp3) is 0. The molecule has 0 saturated carbocycles. The number of para-hydroxylation sites is 1. The van der Waals surface area contributed by atoms with Gasteiger partial charge in [-0.3, -0.25) is 0 Å². The third kappa shape index (κ3) is 4.93. The third-order valence-electron chi connectivity index (χ3n) is 7.70. The molecule has 7 aromatic rings. The number of rotatable bonds is 5. The minimum Gasteiger partial charge on any atom is -0.308 e. The summed E-state index contributed by atoms with van der Waals surface area (Å²) in [7, 11) is 0. The number of nitrogens with zero attached hydrogens (tertiary/aromatic N) is 4. The van der Waals surface area contributed by atoms with E-state index in [4.69, 9.17) is 15.0 Å². The summed E-state index contributed by atoms with van der Waals surface area (Å²) in [4.78, 5) is 19.6. The molecule has 2 heterocycles. The molecule has 0 aliphatic carbocycles. The van der Waals surface area contributed by atoms with Crippen LogP contribution in [-0.4, -0.2) is 15.0 Å². The van der Waals surface area contributed by atoms with Gasteiger partial charge in [0, 0.05) is 32.2 Å². The number of hydrogen-bond donors (Lipinski definition) is 0. The summed E-state index contributed by atoms with van der Waals surface area (Å²) >= 11 is 1.81. The zero-order valence-electron chi connectivity index (χ0n) is 23.7. The zero-order valence-corrected chi connectivity index (χ0v) is 24.5. The van der Waals surface area contributed by atoms with Gasteiger partial charge in [-0.25, -0.2) is 15.0 Å². The highest BCUT2D eigenvalue weighted by Gasteiger charge is 2.25. The predicted molar refractivity (Wildman–Crippen MR) is 180 cm³/mol. The first-order valence-electron chi connectivity index (χ1n) is 14.5. The van der Waals surface area contributed by atoms with E-state index in [9.17, 15) is 0 Å². The molecule has 1 aromatic heterocycles. The molecular formula is C39H26N4S. The second kappa shape index (κ2) is 11.3. The lowest BCUT2D eigenvalue weighted by Gasteiger charge is -2.33. The van der Waals surface area contributed by atoms with E-state index >= 15 is 0 Å². The number of benzene rings is 6. The van der Waals surface area contributed by atoms with Gasteiger partial charge in [0.2, 0.25) is 0 Å². The lowest BCUT2D eigenvalue weighted by molar-refractivity contribution is 1.07. The van der Waals surface area contributed by atoms with Gasteiger partial charge in [-0.15, -0.1) is 0 Å². The van der Waals surface area contributed by atoms with Crippen LogP contribution in [0.4, 0.5) is 17.1 Å². The van der Waals surface area contributed by atoms with Crippen LogP contribution >= 0.6 is 11.8 Å². The smallest absolute Gasteiger partial charge is 0.164 e. The molecule has 0 N–H and O–H groups in total. The van der Waals surface area contributed by atoms with E-state index in [-0.39, 0.29) is 0 Å². The van der Waals surface area contributed by atoms with Gasteiger partial charge in [0.1, 0.15) is 0 Å². The van der Waals surface area contributed by atoms with Crippen molar-refractivity contribution in [3.8, 4) is 45.3 Å². The van der Waals surface area contributed by atoms with Gasteiger partial charge in [0.15, 0.2) is 17.5 Å². The fourth-order valence-electron chi connectivity index (χ4n) is 5.57. The van der Waals surface area contributed by atoms with E-state index in [1.807, 2.05) is 72.4 Å². The Balaban J connectivity index is 1.26. The van der Waals surface area contributed by atoms with Crippen LogP contribution in [0.5, 0.6) is 0 Å². The van der Waals surface area contributed by atoms with Gasteiger partial charge >= 0.3 is 0 Å². The minimum atomic E-state index is 0.638. The van der Waals surface area contributed by atoms with Crippen LogP contribution < -0.4 is 4.90 Å². The molecule has 5 heteroatoms. The molecule has 0 atom stereocenters. The van der Waals surface area contributed by atoms with Gasteiger partial charge in [0.05, 0.1) is 11.4 Å². The SMILES string of the molecule is c1ccc(-c2ccc3c(c2)Sc2ccccc2N3c2cccc(-c3nc(-c4ccccc4)nc(-c4ccccc4)n3)c2)cc1. The summed E-state index contributed by atoms with van der Waals surface area (Å²) in [6, 6.07) is 54.5. The van der Waals surface area contributed by atoms with Crippen molar-refractivity contribution >= 4 is 28.8 Å². The van der Waals surface area contributed by atoms with E-state index < -0.39 is 0 Å². The fourth-order valence-corrected chi connectivity index (χ4v) is 6.66. The highest BCUT2D eigenvalue weighted by molar-refractivity contribution is 7.99. The number of fused-ring (bicyclic) bond motifs is 2. The molecule has 0 spiro atoms. The van der Waals surface area contributed by atoms with Crippen LogP contribution in [0.15, 0.2) is 168 Å². The van der Waals surface area contributed by atoms with Crippen LogP contribution in [0.2, 0.25) is 0 Å². The first-order valence-corrected chi connectivity index (χ1v) is 15.4. The maximum absolute atomic E-state index is 4.97. The van der Waals surface area contributed by atoms with Crippen molar-refractivity contribution < 1.29 is 0 Å². The third-order valence-corrected chi connectivity index (χ3v) is 8.81. The number of anilines is 3. The van der Waals surface area contributed by atoms with Gasteiger partial charge in [-0.2, -0.15) is 0 Å². The Morgan fingerprint density at radius 3 is 1.55 bits per heavy atom. The van der Waals surface area contributed by atoms with Crippen LogP contribution in [0.25, 0.3) is 45.3 Å². The largest absolute Gasteiger partial charge is 0.308 e. The van der Waals surface area contributed by atoms with Crippen molar-refractivity contribution in [1.82, 2.24) is 15.0 Å². The minimum absolute atomic E-state index is 0.638. The monoisotopic (exact) mass is 582 g/mol. The summed E-state index contributed by atoms with van der Waals surface area (Å²) in [5.41, 5.74) is 8.60. The molecule has 6 aromatic carbocycles. The molecule has 0 fully saturated rings. The highest BCUT2D eigenvalue weighted by atomic mass is 32.2. The topological polar surface area (TPSA) is 41.9 Å². The molecule has 1 aliphatic rings. The second-order valence-electron chi connectivity index (χ2n) is 10.5. The lowest BCUT2D eigenvalue weighted by Crippen LogP contribution is -2.15. The molecule has 1 aliphatic heterocycles. The van der Waals surface area contributed by atoms with Crippen molar-refractivity contribution in [1.29, 1.82) is 0 Å². The quantitative estimate of drug-likeness (QED) is 0.202. The Morgan fingerprint density at radius 2 is 0.886 bits per heavy atom. The molecule has 0 unspecified atom stereocenters. The molecule has 0 saturated heterocycles. The average molecular weight is 583 g/mol. The van der Waals surface area contributed by atoms with Crippen molar-refractivity contribution in [2.45, 2.75) is 9.79 Å². The Labute approximate surface area is 260 Å². The standard InChI is InChI=1S/C39H26N4S/c1-4-13-27(14-5-1)30-23-24-34-36(26-30)44-35-22-11-10-21-33(35)43(34)32-20-12-19-31(25-32)39-41-37(28-15-6-2-7-16-28)40-38(42-39)29-17-8-3-9-18-29/h1-26H. The molecule has 0 radical (unpaired) electrons. The average Bonchev–Trinajstić information content (AvgIpc) is 3.11. The number of hydrogen-bond acceptors (Lipinski definition) is 5. The summed E-state index contributed by atoms with van der Waals surface area (Å²) < 4.78 is 0. The molecule has 208 valence electrons. The summed E-state index contributed by atoms with van der Waals surface area (Å²) in [6.07, 6.45) is 0. The van der Waals surface area contributed by atoms with Crippen molar-refractivity contribution in [2.75, 3.05) is 4.90 Å². The van der Waals surface area contributed by atoms with Crippen molar-refractivity contribution in [3.63, 3.8) is 0 Å². The summed E-state index contributed by atoms with van der Waals surface area (Å²) in [5.74, 6) is 1.94. The highest BCUT2D eigenvalue weighted by Crippen LogP contribution is 2.52. The first-order chi connectivity index (χ1) is 21.8. The van der Waals surface area contributed by atoms with Crippen LogP contribution in [0, 0.1) is 0 Å². The van der Waals surface area contributed by atoms with Crippen molar-refractivity contribution in [3.05, 3.63) is 158 Å². The molecule has 44 heavy (non-hydrogen) atoms. The first kappa shape index (κ1) is 26.1. The molecule has 0 bridgehead atoms. The van der Waals surface area contributed by atoms with E-state index in [0.717, 1.165) is 33.8 Å². The molecule has 8 rings (SSSR count). The van der Waals surface area contributed by atoms with E-state index in [0.29, 0.717) is 17.5 Å². The molecule has 0 amide bonds. The van der Waals surface area contributed by atoms with Crippen LogP contribution in [0.3, 0.4) is 0 Å². The lowest BCUT2D eigenvalue weighted by atomic mass is 10.0. The Bertz CT molecular complexity index is 2040. The second-order valence-corrected chi connectivity index (χ2v) is 11.6. The molecular weight excluding hydrogens is 557 g/mol. The van der Waals surface area contributed by atoms with Crippen LogP contribution in [-0.2, 0) is 0 Å². The predicted octanol–water partition coefficient (Wildman–Crippen LogP) is 10.5. The van der Waals surface area contributed by atoms with Crippen LogP contribution in [0.1, 0.15) is 0 Å². The Kier molecular flexibility index (Phi) is 6.70. The molecule has 4 nitrogen and oxygen atoms in total. The van der Waals surface area contributed by atoms with Gasteiger partial charge < -0.3 is 4.90 Å². The van der Waals surface area contributed by atoms with E-state index in [2.05, 4.69) is 102 Å². The maximum atomic E-state index is 4.97. The Morgan fingerprint density at radius 1 is 0.364 bits per heavy atom. The van der Waals surface area contributed by atoms with Gasteiger partial charge in [-0.05, 0) is 47.5 Å². The van der Waals surface area contributed by atoms with E-state index in [1.54, 1.807) is 0 Å². The summed E-state index contributed by atoms with van der Waals surface area (Å²) in [5, 5.41) is 0. The van der Waals surface area contributed by atoms with Gasteiger partial charge in [0.25, 0.3) is 0 Å². The van der Waals surface area contributed by atoms with Gasteiger partial charge in [-0.1, -0.05) is 133 Å². The maximum Gasteiger partial charge on any atom is 0.164 e. The number of aromatic nitrogens is 3. The Hall–Kier alpha value is -5.52. The van der Waals surface area contributed by atoms with Crippen molar-refractivity contribution in [2.24, 2.45) is 0 Å².